The number of rotatable bonds is 0. The van der Waals surface area contributed by atoms with E-state index >= 15 is 0 Å². The lowest BCUT2D eigenvalue weighted by Gasteiger charge is -2.42. The molecular weight excluding hydrogens is 198 g/mol. The van der Waals surface area contributed by atoms with Gasteiger partial charge in [-0.2, -0.15) is 0 Å². The summed E-state index contributed by atoms with van der Waals surface area (Å²) in [5, 5.41) is 0. The molecule has 16 heavy (non-hydrogen) atoms. The highest BCUT2D eigenvalue weighted by atomic mass is 16.1. The van der Waals surface area contributed by atoms with E-state index in [1.807, 2.05) is 0 Å². The number of carbonyl (C=O) groups excluding carboxylic acids is 1. The number of hydrogen-bond donors (Lipinski definition) is 0. The molecule has 0 amide bonds. The van der Waals surface area contributed by atoms with Crippen molar-refractivity contribution < 1.29 is 4.79 Å². The molecule has 2 heteroatoms. The molecule has 1 fully saturated rings. The summed E-state index contributed by atoms with van der Waals surface area (Å²) in [4.78, 5) is 14.1. The summed E-state index contributed by atoms with van der Waals surface area (Å²) in [6.45, 7) is 4.34. The van der Waals surface area contributed by atoms with Crippen molar-refractivity contribution in [2.24, 2.45) is 0 Å². The summed E-state index contributed by atoms with van der Waals surface area (Å²) >= 11 is 0. The first kappa shape index (κ1) is 10.0. The molecule has 0 aromatic heterocycles. The predicted molar refractivity (Wildman–Crippen MR) is 63.4 cm³/mol. The summed E-state index contributed by atoms with van der Waals surface area (Å²) < 4.78 is 0. The summed E-state index contributed by atoms with van der Waals surface area (Å²) in [5.41, 5.74) is 2.83. The highest BCUT2D eigenvalue weighted by molar-refractivity contribution is 5.80. The van der Waals surface area contributed by atoms with Gasteiger partial charge in [-0.3, -0.25) is 9.69 Å². The lowest BCUT2D eigenvalue weighted by molar-refractivity contribution is -0.123. The second-order valence-electron chi connectivity index (χ2n) is 5.03. The summed E-state index contributed by atoms with van der Waals surface area (Å²) in [7, 11) is 0. The van der Waals surface area contributed by atoms with Crippen LogP contribution < -0.4 is 0 Å². The van der Waals surface area contributed by atoms with Crippen molar-refractivity contribution in [2.45, 2.75) is 31.7 Å². The minimum absolute atomic E-state index is 0.355. The summed E-state index contributed by atoms with van der Waals surface area (Å²) in [5.74, 6) is 1.02. The molecule has 1 aromatic carbocycles. The Morgan fingerprint density at radius 2 is 2.00 bits per heavy atom. The molecule has 0 bridgehead atoms. The largest absolute Gasteiger partial charge is 0.300 e. The van der Waals surface area contributed by atoms with E-state index in [4.69, 9.17) is 0 Å². The van der Waals surface area contributed by atoms with Gasteiger partial charge in [0, 0.05) is 32.0 Å². The van der Waals surface area contributed by atoms with Crippen LogP contribution in [0.2, 0.25) is 0 Å². The topological polar surface area (TPSA) is 20.3 Å². The van der Waals surface area contributed by atoms with Crippen LogP contribution in [0.5, 0.6) is 0 Å². The van der Waals surface area contributed by atoms with E-state index in [-0.39, 0.29) is 0 Å². The molecule has 2 atom stereocenters. The molecule has 0 N–H and O–H groups in total. The quantitative estimate of drug-likeness (QED) is 0.662. The SMILES string of the molecule is C[C@@H]1CN2CCC(=O)C[C@@H]2c2ccccc21. The van der Waals surface area contributed by atoms with Gasteiger partial charge in [-0.1, -0.05) is 31.2 Å². The third kappa shape index (κ3) is 1.49. The van der Waals surface area contributed by atoms with Gasteiger partial charge in [-0.25, -0.2) is 0 Å². The Hall–Kier alpha value is -1.15. The number of piperidine rings is 1. The molecule has 2 nitrogen and oxygen atoms in total. The normalized spacial score (nSPS) is 29.7. The molecule has 2 aliphatic heterocycles. The lowest BCUT2D eigenvalue weighted by atomic mass is 9.82. The molecule has 0 aliphatic carbocycles. The number of nitrogens with zero attached hydrogens (tertiary/aromatic N) is 1. The van der Waals surface area contributed by atoms with E-state index < -0.39 is 0 Å². The zero-order chi connectivity index (χ0) is 11.1. The van der Waals surface area contributed by atoms with Gasteiger partial charge in [0.05, 0.1) is 0 Å². The van der Waals surface area contributed by atoms with Crippen LogP contribution in [-0.2, 0) is 4.79 Å². The Morgan fingerprint density at radius 1 is 1.25 bits per heavy atom. The average Bonchev–Trinajstić information content (AvgIpc) is 2.31. The predicted octanol–water partition coefficient (Wildman–Crippen LogP) is 2.51. The summed E-state index contributed by atoms with van der Waals surface area (Å²) in [6, 6.07) is 8.97. The molecule has 0 radical (unpaired) electrons. The number of carbonyl (C=O) groups is 1. The van der Waals surface area contributed by atoms with Crippen LogP contribution in [0.25, 0.3) is 0 Å². The highest BCUT2D eigenvalue weighted by Crippen LogP contribution is 2.39. The number of benzene rings is 1. The van der Waals surface area contributed by atoms with E-state index in [0.717, 1.165) is 19.5 Å². The average molecular weight is 215 g/mol. The maximum Gasteiger partial charge on any atom is 0.136 e. The first-order valence-corrected chi connectivity index (χ1v) is 6.10. The fraction of sp³-hybridized carbons (Fsp3) is 0.500. The standard InChI is InChI=1S/C14H17NO/c1-10-9-15-7-6-11(16)8-14(15)13-5-3-2-4-12(10)13/h2-5,10,14H,6-9H2,1H3/t10-,14-/m1/s1. The third-order valence-electron chi connectivity index (χ3n) is 3.93. The Bertz CT molecular complexity index is 426. The Morgan fingerprint density at radius 3 is 2.81 bits per heavy atom. The molecule has 2 aliphatic rings. The van der Waals surface area contributed by atoms with Gasteiger partial charge in [0.1, 0.15) is 5.78 Å². The van der Waals surface area contributed by atoms with Gasteiger partial charge in [0.2, 0.25) is 0 Å². The highest BCUT2D eigenvalue weighted by Gasteiger charge is 2.34. The Labute approximate surface area is 96.3 Å². The van der Waals surface area contributed by atoms with E-state index in [2.05, 4.69) is 36.1 Å². The maximum atomic E-state index is 11.6. The second-order valence-corrected chi connectivity index (χ2v) is 5.03. The molecule has 1 saturated heterocycles. The number of hydrogen-bond acceptors (Lipinski definition) is 2. The van der Waals surface area contributed by atoms with Crippen molar-refractivity contribution in [3.05, 3.63) is 35.4 Å². The zero-order valence-corrected chi connectivity index (χ0v) is 9.65. The minimum Gasteiger partial charge on any atom is -0.300 e. The van der Waals surface area contributed by atoms with Crippen molar-refractivity contribution in [1.29, 1.82) is 0 Å². The zero-order valence-electron chi connectivity index (χ0n) is 9.65. The van der Waals surface area contributed by atoms with Gasteiger partial charge >= 0.3 is 0 Å². The minimum atomic E-state index is 0.355. The fourth-order valence-electron chi connectivity index (χ4n) is 3.11. The number of fused-ring (bicyclic) bond motifs is 3. The van der Waals surface area contributed by atoms with Gasteiger partial charge < -0.3 is 0 Å². The molecule has 0 saturated carbocycles. The van der Waals surface area contributed by atoms with E-state index in [1.54, 1.807) is 0 Å². The van der Waals surface area contributed by atoms with Crippen LogP contribution in [0.15, 0.2) is 24.3 Å². The van der Waals surface area contributed by atoms with Crippen molar-refractivity contribution in [1.82, 2.24) is 4.90 Å². The van der Waals surface area contributed by atoms with Gasteiger partial charge in [0.25, 0.3) is 0 Å². The van der Waals surface area contributed by atoms with Crippen molar-refractivity contribution >= 4 is 5.78 Å². The Kier molecular flexibility index (Phi) is 2.32. The molecular formula is C14H17NO. The van der Waals surface area contributed by atoms with E-state index in [0.29, 0.717) is 24.2 Å². The van der Waals surface area contributed by atoms with Gasteiger partial charge in [-0.05, 0) is 17.0 Å². The molecule has 1 aromatic rings. The molecule has 3 rings (SSSR count). The van der Waals surface area contributed by atoms with Crippen LogP contribution >= 0.6 is 0 Å². The van der Waals surface area contributed by atoms with Crippen molar-refractivity contribution in [3.63, 3.8) is 0 Å². The smallest absolute Gasteiger partial charge is 0.136 e. The second kappa shape index (κ2) is 3.70. The first-order valence-electron chi connectivity index (χ1n) is 6.10. The number of Topliss-reactive ketones (excluding diaryl/α,β-unsaturated/α-hetero) is 1. The van der Waals surface area contributed by atoms with Crippen LogP contribution in [-0.4, -0.2) is 23.8 Å². The van der Waals surface area contributed by atoms with Gasteiger partial charge in [0.15, 0.2) is 0 Å². The molecule has 84 valence electrons. The molecule has 0 unspecified atom stereocenters. The van der Waals surface area contributed by atoms with E-state index in [9.17, 15) is 4.79 Å². The summed E-state index contributed by atoms with van der Waals surface area (Å²) in [6.07, 6.45) is 1.45. The van der Waals surface area contributed by atoms with Crippen molar-refractivity contribution in [2.75, 3.05) is 13.1 Å². The lowest BCUT2D eigenvalue weighted by Crippen LogP contribution is -2.42. The van der Waals surface area contributed by atoms with Crippen LogP contribution in [0.3, 0.4) is 0 Å². The first-order chi connectivity index (χ1) is 7.75. The maximum absolute atomic E-state index is 11.6. The van der Waals surface area contributed by atoms with Crippen molar-refractivity contribution in [3.8, 4) is 0 Å². The third-order valence-corrected chi connectivity index (χ3v) is 3.93. The monoisotopic (exact) mass is 215 g/mol. The molecule has 0 spiro atoms. The van der Waals surface area contributed by atoms with Crippen LogP contribution in [0.4, 0.5) is 0 Å². The fourth-order valence-corrected chi connectivity index (χ4v) is 3.11. The Balaban J connectivity index is 2.03. The van der Waals surface area contributed by atoms with Crippen LogP contribution in [0, 0.1) is 0 Å². The van der Waals surface area contributed by atoms with Crippen LogP contribution in [0.1, 0.15) is 42.9 Å². The number of ketones is 1. The molecule has 2 heterocycles. The van der Waals surface area contributed by atoms with E-state index in [1.165, 1.54) is 11.1 Å². The van der Waals surface area contributed by atoms with Gasteiger partial charge in [-0.15, -0.1) is 0 Å².